The van der Waals surface area contributed by atoms with Gasteiger partial charge in [0.05, 0.1) is 9.37 Å². The number of rotatable bonds is 4. The van der Waals surface area contributed by atoms with Crippen molar-refractivity contribution in [1.29, 1.82) is 5.41 Å². The van der Waals surface area contributed by atoms with Crippen molar-refractivity contribution in [3.8, 4) is 11.5 Å². The van der Waals surface area contributed by atoms with Crippen LogP contribution in [0.4, 0.5) is 17.6 Å². The summed E-state index contributed by atoms with van der Waals surface area (Å²) in [7, 11) is -5.66. The van der Waals surface area contributed by atoms with E-state index < -0.39 is 31.6 Å². The zero-order valence-corrected chi connectivity index (χ0v) is 15.0. The fourth-order valence-corrected chi connectivity index (χ4v) is 3.67. The molecule has 0 amide bonds. The van der Waals surface area contributed by atoms with Crippen LogP contribution < -0.4 is 4.74 Å². The summed E-state index contributed by atoms with van der Waals surface area (Å²) in [6.45, 7) is 0. The van der Waals surface area contributed by atoms with Crippen molar-refractivity contribution in [2.24, 2.45) is 0 Å². The van der Waals surface area contributed by atoms with Crippen molar-refractivity contribution in [3.63, 3.8) is 0 Å². The van der Waals surface area contributed by atoms with E-state index in [0.29, 0.717) is 12.3 Å². The highest BCUT2D eigenvalue weighted by molar-refractivity contribution is 9.10. The predicted molar refractivity (Wildman–Crippen MR) is 86.8 cm³/mol. The average molecular weight is 461 g/mol. The first-order valence-corrected chi connectivity index (χ1v) is 8.91. The molecule has 0 atom stereocenters. The molecule has 0 spiro atoms. The molecule has 2 aromatic rings. The van der Waals surface area contributed by atoms with Crippen LogP contribution in [0, 0.1) is 11.2 Å². The van der Waals surface area contributed by atoms with Gasteiger partial charge >= 0.3 is 5.51 Å². The molecule has 2 aromatic carbocycles. The lowest BCUT2D eigenvalue weighted by molar-refractivity contribution is -0.0436. The lowest BCUT2D eigenvalue weighted by Crippen LogP contribution is -2.24. The van der Waals surface area contributed by atoms with E-state index >= 15 is 0 Å². The Balaban J connectivity index is 2.56. The molecular formula is C14H7BrClF4NO3S. The Hall–Kier alpha value is -1.65. The topological polar surface area (TPSA) is 67.2 Å². The number of benzene rings is 2. The van der Waals surface area contributed by atoms with Crippen molar-refractivity contribution >= 4 is 43.6 Å². The Labute approximate surface area is 152 Å². The summed E-state index contributed by atoms with van der Waals surface area (Å²) in [4.78, 5) is -1.11. The van der Waals surface area contributed by atoms with E-state index in [4.69, 9.17) is 21.7 Å². The zero-order valence-electron chi connectivity index (χ0n) is 11.9. The number of nitrogens with one attached hydrogen (secondary N) is 1. The van der Waals surface area contributed by atoms with E-state index in [2.05, 4.69) is 15.9 Å². The third-order valence-electron chi connectivity index (χ3n) is 2.91. The molecule has 4 nitrogen and oxygen atoms in total. The second kappa shape index (κ2) is 6.93. The number of hydrogen-bond donors (Lipinski definition) is 1. The Morgan fingerprint density at radius 2 is 1.84 bits per heavy atom. The van der Waals surface area contributed by atoms with Gasteiger partial charge in [-0.3, -0.25) is 0 Å². The molecule has 11 heteroatoms. The largest absolute Gasteiger partial charge is 0.501 e. The molecule has 0 aliphatic rings. The zero-order chi connectivity index (χ0) is 19.0. The SMILES string of the molecule is N=Cc1c(S(=O)(=O)C(F)(F)F)ccc(Oc2cc(F)cc(Cl)c2)c1Br. The Bertz CT molecular complexity index is 928. The van der Waals surface area contributed by atoms with Crippen molar-refractivity contribution in [1.82, 2.24) is 0 Å². The van der Waals surface area contributed by atoms with Gasteiger partial charge in [-0.1, -0.05) is 11.6 Å². The van der Waals surface area contributed by atoms with E-state index in [0.717, 1.165) is 18.2 Å². The molecule has 0 heterocycles. The molecule has 0 saturated heterocycles. The van der Waals surface area contributed by atoms with Gasteiger partial charge in [-0.15, -0.1) is 0 Å². The molecule has 25 heavy (non-hydrogen) atoms. The maximum Gasteiger partial charge on any atom is 0.501 e. The first-order chi connectivity index (χ1) is 11.5. The van der Waals surface area contributed by atoms with Gasteiger partial charge in [0, 0.05) is 22.9 Å². The van der Waals surface area contributed by atoms with Gasteiger partial charge in [0.1, 0.15) is 17.3 Å². The summed E-state index contributed by atoms with van der Waals surface area (Å²) in [5, 5.41) is 7.25. The van der Waals surface area contributed by atoms with Crippen LogP contribution in [0.3, 0.4) is 0 Å². The lowest BCUT2D eigenvalue weighted by Gasteiger charge is -2.15. The van der Waals surface area contributed by atoms with E-state index in [1.807, 2.05) is 0 Å². The van der Waals surface area contributed by atoms with Crippen LogP contribution in [0.1, 0.15) is 5.56 Å². The van der Waals surface area contributed by atoms with Crippen LogP contribution >= 0.6 is 27.5 Å². The maximum absolute atomic E-state index is 13.3. The van der Waals surface area contributed by atoms with Gasteiger partial charge in [0.25, 0.3) is 9.84 Å². The van der Waals surface area contributed by atoms with Crippen molar-refractivity contribution < 1.29 is 30.7 Å². The number of halogens is 6. The number of hydrogen-bond acceptors (Lipinski definition) is 4. The van der Waals surface area contributed by atoms with Crippen LogP contribution in [0.15, 0.2) is 39.7 Å². The van der Waals surface area contributed by atoms with Crippen LogP contribution in [0.25, 0.3) is 0 Å². The van der Waals surface area contributed by atoms with Gasteiger partial charge in [0.15, 0.2) is 0 Å². The molecule has 0 aliphatic heterocycles. The molecule has 2 rings (SSSR count). The van der Waals surface area contributed by atoms with Crippen molar-refractivity contribution in [3.05, 3.63) is 51.2 Å². The molecule has 0 unspecified atom stereocenters. The lowest BCUT2D eigenvalue weighted by atomic mass is 10.2. The summed E-state index contributed by atoms with van der Waals surface area (Å²) in [6, 6.07) is 4.86. The minimum Gasteiger partial charge on any atom is -0.456 e. The smallest absolute Gasteiger partial charge is 0.456 e. The Morgan fingerprint density at radius 3 is 2.36 bits per heavy atom. The standard InChI is InChI=1S/C14H7BrClF4NO3S/c15-13-10(6-21)12(25(22,23)14(18,19)20)2-1-11(13)24-9-4-7(16)3-8(17)5-9/h1-6,21H. The van der Waals surface area contributed by atoms with Crippen molar-refractivity contribution in [2.45, 2.75) is 10.4 Å². The van der Waals surface area contributed by atoms with E-state index in [1.54, 1.807) is 0 Å². The Morgan fingerprint density at radius 1 is 1.20 bits per heavy atom. The third kappa shape index (κ3) is 3.96. The average Bonchev–Trinajstić information content (AvgIpc) is 2.46. The molecule has 1 N–H and O–H groups in total. The minimum absolute atomic E-state index is 0.0228. The van der Waals surface area contributed by atoms with Gasteiger partial charge < -0.3 is 10.1 Å². The van der Waals surface area contributed by atoms with Gasteiger partial charge in [-0.05, 0) is 40.2 Å². The molecule has 0 aliphatic carbocycles. The van der Waals surface area contributed by atoms with Gasteiger partial charge in [-0.2, -0.15) is 13.2 Å². The highest BCUT2D eigenvalue weighted by Gasteiger charge is 2.48. The van der Waals surface area contributed by atoms with Crippen LogP contribution in [0.2, 0.25) is 5.02 Å². The first kappa shape index (κ1) is 19.7. The minimum atomic E-state index is -5.66. The van der Waals surface area contributed by atoms with E-state index in [-0.39, 0.29) is 21.0 Å². The number of ether oxygens (including phenoxy) is 1. The van der Waals surface area contributed by atoms with Crippen LogP contribution in [0.5, 0.6) is 11.5 Å². The third-order valence-corrected chi connectivity index (χ3v) is 5.49. The fourth-order valence-electron chi connectivity index (χ4n) is 1.84. The number of alkyl halides is 3. The molecule has 0 aromatic heterocycles. The summed E-state index contributed by atoms with van der Waals surface area (Å²) in [5.41, 5.74) is -6.08. The molecule has 0 fully saturated rings. The highest BCUT2D eigenvalue weighted by Crippen LogP contribution is 2.39. The van der Waals surface area contributed by atoms with Crippen molar-refractivity contribution in [2.75, 3.05) is 0 Å². The predicted octanol–water partition coefficient (Wildman–Crippen LogP) is 5.33. The van der Waals surface area contributed by atoms with E-state index in [1.165, 1.54) is 6.07 Å². The van der Waals surface area contributed by atoms with Gasteiger partial charge in [0.2, 0.25) is 0 Å². The van der Waals surface area contributed by atoms with Crippen LogP contribution in [-0.2, 0) is 9.84 Å². The molecule has 134 valence electrons. The Kier molecular flexibility index (Phi) is 5.45. The quantitative estimate of drug-likeness (QED) is 0.496. The fraction of sp³-hybridized carbons (Fsp3) is 0.0714. The summed E-state index contributed by atoms with van der Waals surface area (Å²) in [5.74, 6) is -0.892. The number of sulfone groups is 1. The van der Waals surface area contributed by atoms with Gasteiger partial charge in [-0.25, -0.2) is 12.8 Å². The van der Waals surface area contributed by atoms with E-state index in [9.17, 15) is 26.0 Å². The summed E-state index contributed by atoms with van der Waals surface area (Å²) < 4.78 is 79.8. The normalized spacial score (nSPS) is 12.1. The first-order valence-electron chi connectivity index (χ1n) is 6.25. The summed E-state index contributed by atoms with van der Waals surface area (Å²) >= 11 is 8.59. The summed E-state index contributed by atoms with van der Waals surface area (Å²) in [6.07, 6.45) is 0.439. The monoisotopic (exact) mass is 459 g/mol. The molecule has 0 saturated carbocycles. The maximum atomic E-state index is 13.3. The second-order valence-corrected chi connectivity index (χ2v) is 7.73. The molecular weight excluding hydrogens is 454 g/mol. The molecule has 0 bridgehead atoms. The second-order valence-electron chi connectivity index (χ2n) is 4.59. The molecule has 0 radical (unpaired) electrons. The van der Waals surface area contributed by atoms with Crippen LogP contribution in [-0.4, -0.2) is 20.1 Å². The highest BCUT2D eigenvalue weighted by atomic mass is 79.9.